The van der Waals surface area contributed by atoms with Crippen molar-refractivity contribution in [3.8, 4) is 5.75 Å². The van der Waals surface area contributed by atoms with Crippen LogP contribution in [0.2, 0.25) is 0 Å². The van der Waals surface area contributed by atoms with Crippen LogP contribution in [0.15, 0.2) is 18.5 Å². The Labute approximate surface area is 88.0 Å². The number of hydrogen-bond acceptors (Lipinski definition) is 4. The van der Waals surface area contributed by atoms with E-state index in [1.807, 2.05) is 6.92 Å². The van der Waals surface area contributed by atoms with E-state index in [-0.39, 0.29) is 18.7 Å². The van der Waals surface area contributed by atoms with Crippen LogP contribution in [0.25, 0.3) is 0 Å². The Bertz CT molecular complexity index is 353. The minimum absolute atomic E-state index is 0.155. The predicted molar refractivity (Wildman–Crippen MR) is 55.1 cm³/mol. The van der Waals surface area contributed by atoms with Gasteiger partial charge in [0.1, 0.15) is 5.75 Å². The third-order valence-electron chi connectivity index (χ3n) is 1.87. The molecule has 0 unspecified atom stereocenters. The van der Waals surface area contributed by atoms with E-state index in [2.05, 4.69) is 0 Å². The maximum atomic E-state index is 11.0. The van der Waals surface area contributed by atoms with E-state index in [1.165, 1.54) is 12.4 Å². The van der Waals surface area contributed by atoms with Crippen LogP contribution in [-0.2, 0) is 6.42 Å². The van der Waals surface area contributed by atoms with Crippen molar-refractivity contribution in [1.82, 2.24) is 0 Å². The summed E-state index contributed by atoms with van der Waals surface area (Å²) in [5.41, 5.74) is 0.774. The summed E-state index contributed by atoms with van der Waals surface area (Å²) in [5.74, 6) is 0.586. The molecule has 5 nitrogen and oxygen atoms in total. The second-order valence-electron chi connectivity index (χ2n) is 3.07. The van der Waals surface area contributed by atoms with Crippen LogP contribution in [0.4, 0.5) is 0 Å². The fraction of sp³-hybridized carbons (Fsp3) is 0.400. The molecular weight excluding hydrogens is 196 g/mol. The fourth-order valence-corrected chi connectivity index (χ4v) is 1.22. The lowest BCUT2D eigenvalue weighted by atomic mass is 10.1. The maximum absolute atomic E-state index is 11.0. The molecule has 0 saturated carbocycles. The third kappa shape index (κ3) is 3.21. The van der Waals surface area contributed by atoms with Crippen molar-refractivity contribution >= 4 is 5.71 Å². The number of nitrogens with zero attached hydrogens (tertiary/aromatic N) is 1. The van der Waals surface area contributed by atoms with Gasteiger partial charge in [-0.15, -0.1) is 0 Å². The van der Waals surface area contributed by atoms with Crippen LogP contribution >= 0.6 is 0 Å². The summed E-state index contributed by atoms with van der Waals surface area (Å²) in [4.78, 5) is 0. The first-order chi connectivity index (χ1) is 7.17. The molecule has 82 valence electrons. The van der Waals surface area contributed by atoms with Crippen LogP contribution in [0, 0.1) is 10.6 Å². The molecule has 0 amide bonds. The Balaban J connectivity index is 2.91. The van der Waals surface area contributed by atoms with Gasteiger partial charge in [0.25, 0.3) is 0 Å². The highest BCUT2D eigenvalue weighted by Gasteiger charge is 2.09. The number of aliphatic hydroxyl groups is 1. The van der Waals surface area contributed by atoms with Crippen LogP contribution in [0.3, 0.4) is 0 Å². The van der Waals surface area contributed by atoms with E-state index in [1.54, 1.807) is 6.07 Å². The highest BCUT2D eigenvalue weighted by molar-refractivity contribution is 5.84. The van der Waals surface area contributed by atoms with Gasteiger partial charge in [-0.2, -0.15) is 4.73 Å². The van der Waals surface area contributed by atoms with Gasteiger partial charge >= 0.3 is 0 Å². The number of hydrogen-bond donors (Lipinski definition) is 2. The summed E-state index contributed by atoms with van der Waals surface area (Å²) in [6.07, 6.45) is 2.93. The molecule has 0 aliphatic carbocycles. The first-order valence-corrected chi connectivity index (χ1v) is 4.69. The van der Waals surface area contributed by atoms with E-state index < -0.39 is 0 Å². The molecule has 1 rings (SSSR count). The van der Waals surface area contributed by atoms with Gasteiger partial charge in [0.15, 0.2) is 12.4 Å². The smallest absolute Gasteiger partial charge is 0.187 e. The lowest BCUT2D eigenvalue weighted by Crippen LogP contribution is -2.26. The minimum atomic E-state index is -0.306. The monoisotopic (exact) mass is 210 g/mol. The van der Waals surface area contributed by atoms with Crippen LogP contribution < -0.4 is 9.47 Å². The quantitative estimate of drug-likeness (QED) is 0.416. The van der Waals surface area contributed by atoms with E-state index in [4.69, 9.17) is 15.3 Å². The molecule has 0 spiro atoms. The minimum Gasteiger partial charge on any atom is -0.619 e. The van der Waals surface area contributed by atoms with Crippen LogP contribution in [0.1, 0.15) is 12.5 Å². The van der Waals surface area contributed by atoms with Crippen molar-refractivity contribution in [3.05, 3.63) is 29.2 Å². The molecule has 0 saturated heterocycles. The van der Waals surface area contributed by atoms with Crippen molar-refractivity contribution in [2.75, 3.05) is 13.2 Å². The molecule has 15 heavy (non-hydrogen) atoms. The van der Waals surface area contributed by atoms with E-state index >= 15 is 0 Å². The number of aromatic nitrogens is 1. The zero-order valence-electron chi connectivity index (χ0n) is 8.56. The molecule has 5 heteroatoms. The average molecular weight is 210 g/mol. The Morgan fingerprint density at radius 2 is 2.40 bits per heavy atom. The highest BCUT2D eigenvalue weighted by Crippen LogP contribution is 2.16. The number of ether oxygens (including phenoxy) is 1. The first kappa shape index (κ1) is 11.5. The molecule has 0 fully saturated rings. The van der Waals surface area contributed by atoms with Crippen molar-refractivity contribution in [2.45, 2.75) is 13.3 Å². The molecule has 1 aromatic rings. The van der Waals surface area contributed by atoms with Crippen LogP contribution in [0.5, 0.6) is 5.75 Å². The standard InChI is InChI=1S/C10H14N2O3/c1-2-15-10-3-4-12(14)6-8(10)5-9(11)7-13/h3-4,6,11,13H,2,5,7H2,1H3. The Hall–Kier alpha value is -1.62. The van der Waals surface area contributed by atoms with E-state index in [9.17, 15) is 5.21 Å². The largest absolute Gasteiger partial charge is 0.619 e. The topological polar surface area (TPSA) is 80.2 Å². The fourth-order valence-electron chi connectivity index (χ4n) is 1.22. The molecular formula is C10H14N2O3. The second kappa shape index (κ2) is 5.31. The number of pyridine rings is 1. The van der Waals surface area contributed by atoms with Gasteiger partial charge in [-0.05, 0) is 6.92 Å². The molecule has 0 aliphatic rings. The number of aliphatic hydroxyl groups excluding tert-OH is 1. The van der Waals surface area contributed by atoms with Gasteiger partial charge < -0.3 is 20.5 Å². The summed E-state index contributed by atoms with van der Waals surface area (Å²) in [6.45, 7) is 2.04. The SMILES string of the molecule is CCOc1cc[n+]([O-])cc1CC(=N)CO. The Kier molecular flexibility index (Phi) is 4.05. The average Bonchev–Trinajstić information content (AvgIpc) is 2.22. The molecule has 0 aromatic carbocycles. The normalized spacial score (nSPS) is 10.0. The van der Waals surface area contributed by atoms with Crippen molar-refractivity contribution in [2.24, 2.45) is 0 Å². The summed E-state index contributed by atoms with van der Waals surface area (Å²) in [5, 5.41) is 27.1. The highest BCUT2D eigenvalue weighted by atomic mass is 16.5. The van der Waals surface area contributed by atoms with Gasteiger partial charge in [-0.1, -0.05) is 0 Å². The van der Waals surface area contributed by atoms with Gasteiger partial charge in [0, 0.05) is 18.2 Å². The zero-order chi connectivity index (χ0) is 11.3. The lowest BCUT2D eigenvalue weighted by Gasteiger charge is -2.09. The van der Waals surface area contributed by atoms with Crippen LogP contribution in [-0.4, -0.2) is 24.0 Å². The number of nitrogens with one attached hydrogen (secondary N) is 1. The van der Waals surface area contributed by atoms with Gasteiger partial charge in [-0.25, -0.2) is 0 Å². The molecule has 1 heterocycles. The van der Waals surface area contributed by atoms with Gasteiger partial charge in [0.2, 0.25) is 0 Å². The lowest BCUT2D eigenvalue weighted by molar-refractivity contribution is -0.605. The van der Waals surface area contributed by atoms with E-state index in [0.29, 0.717) is 22.7 Å². The summed E-state index contributed by atoms with van der Waals surface area (Å²) in [6, 6.07) is 1.57. The maximum Gasteiger partial charge on any atom is 0.187 e. The summed E-state index contributed by atoms with van der Waals surface area (Å²) < 4.78 is 5.96. The molecule has 0 aliphatic heterocycles. The van der Waals surface area contributed by atoms with Crippen molar-refractivity contribution < 1.29 is 14.6 Å². The Morgan fingerprint density at radius 3 is 3.00 bits per heavy atom. The van der Waals surface area contributed by atoms with Crippen molar-refractivity contribution in [1.29, 1.82) is 5.41 Å². The first-order valence-electron chi connectivity index (χ1n) is 4.69. The zero-order valence-corrected chi connectivity index (χ0v) is 8.56. The third-order valence-corrected chi connectivity index (χ3v) is 1.87. The number of rotatable bonds is 5. The molecule has 2 N–H and O–H groups in total. The van der Waals surface area contributed by atoms with E-state index in [0.717, 1.165) is 0 Å². The Morgan fingerprint density at radius 1 is 1.67 bits per heavy atom. The second-order valence-corrected chi connectivity index (χ2v) is 3.07. The molecule has 0 atom stereocenters. The summed E-state index contributed by atoms with van der Waals surface area (Å²) in [7, 11) is 0. The molecule has 0 radical (unpaired) electrons. The van der Waals surface area contributed by atoms with Gasteiger partial charge in [0.05, 0.1) is 18.8 Å². The van der Waals surface area contributed by atoms with Gasteiger partial charge in [-0.3, -0.25) is 0 Å². The molecule has 1 aromatic heterocycles. The predicted octanol–water partition coefficient (Wildman–Crippen LogP) is 0.273. The summed E-state index contributed by atoms with van der Waals surface area (Å²) >= 11 is 0. The molecule has 0 bridgehead atoms. The van der Waals surface area contributed by atoms with Crippen molar-refractivity contribution in [3.63, 3.8) is 0 Å².